The molecule has 0 aliphatic carbocycles. The fourth-order valence-corrected chi connectivity index (χ4v) is 2.21. The van der Waals surface area contributed by atoms with Gasteiger partial charge in [-0.1, -0.05) is 29.8 Å². The molecule has 0 atom stereocenters. The lowest BCUT2D eigenvalue weighted by atomic mass is 10.1. The number of anilines is 1. The van der Waals surface area contributed by atoms with Gasteiger partial charge < -0.3 is 14.8 Å². The van der Waals surface area contributed by atoms with Gasteiger partial charge in [-0.05, 0) is 18.6 Å². The molecule has 5 heteroatoms. The van der Waals surface area contributed by atoms with E-state index in [0.29, 0.717) is 27.8 Å². The van der Waals surface area contributed by atoms with Crippen LogP contribution in [0.2, 0.25) is 5.02 Å². The van der Waals surface area contributed by atoms with E-state index in [1.165, 1.54) is 14.2 Å². The molecule has 110 valence electrons. The summed E-state index contributed by atoms with van der Waals surface area (Å²) in [5.74, 6) is 0.732. The summed E-state index contributed by atoms with van der Waals surface area (Å²) in [6.45, 7) is 1.88. The van der Waals surface area contributed by atoms with Gasteiger partial charge in [-0.15, -0.1) is 0 Å². The lowest BCUT2D eigenvalue weighted by Crippen LogP contribution is -2.14. The second kappa shape index (κ2) is 6.50. The highest BCUT2D eigenvalue weighted by Gasteiger charge is 2.14. The van der Waals surface area contributed by atoms with Gasteiger partial charge in [-0.2, -0.15) is 0 Å². The average Bonchev–Trinajstić information content (AvgIpc) is 2.48. The Hall–Kier alpha value is -2.20. The number of hydrogen-bond donors (Lipinski definition) is 1. The molecule has 0 spiro atoms. The normalized spacial score (nSPS) is 10.1. The fourth-order valence-electron chi connectivity index (χ4n) is 1.98. The van der Waals surface area contributed by atoms with Crippen molar-refractivity contribution in [2.24, 2.45) is 0 Å². The maximum atomic E-state index is 12.3. The fraction of sp³-hybridized carbons (Fsp3) is 0.188. The minimum absolute atomic E-state index is 0.212. The van der Waals surface area contributed by atoms with Gasteiger partial charge in [0.25, 0.3) is 5.91 Å². The largest absolute Gasteiger partial charge is 0.495 e. The first kappa shape index (κ1) is 15.2. The number of carbonyl (C=O) groups excluding carboxylic acids is 1. The number of aryl methyl sites for hydroxylation is 1. The zero-order valence-electron chi connectivity index (χ0n) is 12.1. The van der Waals surface area contributed by atoms with Gasteiger partial charge in [0.1, 0.15) is 11.5 Å². The Bertz CT molecular complexity index is 671. The highest BCUT2D eigenvalue weighted by atomic mass is 35.5. The second-order valence-electron chi connectivity index (χ2n) is 4.46. The lowest BCUT2D eigenvalue weighted by molar-refractivity contribution is 0.102. The van der Waals surface area contributed by atoms with Crippen LogP contribution in [0.1, 0.15) is 15.9 Å². The van der Waals surface area contributed by atoms with Crippen molar-refractivity contribution in [3.05, 3.63) is 52.5 Å². The van der Waals surface area contributed by atoms with Crippen LogP contribution in [0.25, 0.3) is 0 Å². The first-order valence-electron chi connectivity index (χ1n) is 6.35. The second-order valence-corrected chi connectivity index (χ2v) is 4.86. The van der Waals surface area contributed by atoms with Crippen molar-refractivity contribution in [1.82, 2.24) is 0 Å². The maximum absolute atomic E-state index is 12.3. The number of methoxy groups -OCH3 is 2. The molecule has 2 aromatic carbocycles. The molecule has 2 rings (SSSR count). The van der Waals surface area contributed by atoms with Crippen molar-refractivity contribution >= 4 is 23.2 Å². The predicted octanol–water partition coefficient (Wildman–Crippen LogP) is 3.92. The summed E-state index contributed by atoms with van der Waals surface area (Å²) in [6, 6.07) is 10.6. The summed E-state index contributed by atoms with van der Waals surface area (Å²) >= 11 is 6.04. The molecule has 0 saturated carbocycles. The molecule has 0 unspecified atom stereocenters. The Kier molecular flexibility index (Phi) is 4.70. The molecule has 0 fully saturated rings. The highest BCUT2D eigenvalue weighted by molar-refractivity contribution is 6.32. The predicted molar refractivity (Wildman–Crippen MR) is 83.7 cm³/mol. The minimum Gasteiger partial charge on any atom is -0.495 e. The van der Waals surface area contributed by atoms with Crippen molar-refractivity contribution < 1.29 is 14.3 Å². The molecule has 1 N–H and O–H groups in total. The summed E-state index contributed by atoms with van der Waals surface area (Å²) in [5.41, 5.74) is 2.01. The zero-order chi connectivity index (χ0) is 15.4. The zero-order valence-corrected chi connectivity index (χ0v) is 12.8. The summed E-state index contributed by atoms with van der Waals surface area (Å²) in [6.07, 6.45) is 0. The molecule has 0 radical (unpaired) electrons. The Morgan fingerprint density at radius 2 is 1.76 bits per heavy atom. The number of hydrogen-bond acceptors (Lipinski definition) is 3. The number of amides is 1. The summed E-state index contributed by atoms with van der Waals surface area (Å²) in [7, 11) is 3.03. The maximum Gasteiger partial charge on any atom is 0.256 e. The van der Waals surface area contributed by atoms with Gasteiger partial charge in [0.15, 0.2) is 0 Å². The molecule has 0 saturated heterocycles. The third-order valence-electron chi connectivity index (χ3n) is 3.11. The van der Waals surface area contributed by atoms with Crippen molar-refractivity contribution in [3.63, 3.8) is 0 Å². The van der Waals surface area contributed by atoms with Crippen molar-refractivity contribution in [1.29, 1.82) is 0 Å². The van der Waals surface area contributed by atoms with E-state index in [4.69, 9.17) is 21.1 Å². The molecule has 0 aliphatic rings. The van der Waals surface area contributed by atoms with Gasteiger partial charge in [0, 0.05) is 17.7 Å². The molecule has 0 bridgehead atoms. The van der Waals surface area contributed by atoms with E-state index >= 15 is 0 Å². The van der Waals surface area contributed by atoms with E-state index < -0.39 is 0 Å². The van der Waals surface area contributed by atoms with Crippen LogP contribution < -0.4 is 14.8 Å². The SMILES string of the molecule is COc1cc(NC(=O)c2ccccc2C)c(OC)cc1Cl. The van der Waals surface area contributed by atoms with Crippen LogP contribution in [0.3, 0.4) is 0 Å². The third-order valence-corrected chi connectivity index (χ3v) is 3.41. The summed E-state index contributed by atoms with van der Waals surface area (Å²) in [5, 5.41) is 3.24. The number of rotatable bonds is 4. The number of nitrogens with one attached hydrogen (secondary N) is 1. The summed E-state index contributed by atoms with van der Waals surface area (Å²) < 4.78 is 10.4. The molecule has 0 aromatic heterocycles. The van der Waals surface area contributed by atoms with Crippen LogP contribution in [0.5, 0.6) is 11.5 Å². The summed E-state index contributed by atoms with van der Waals surface area (Å²) in [4.78, 5) is 12.3. The quantitative estimate of drug-likeness (QED) is 0.931. The van der Waals surface area contributed by atoms with E-state index in [0.717, 1.165) is 5.56 Å². The van der Waals surface area contributed by atoms with Crippen LogP contribution in [0.4, 0.5) is 5.69 Å². The van der Waals surface area contributed by atoms with E-state index in [-0.39, 0.29) is 5.91 Å². The molecule has 21 heavy (non-hydrogen) atoms. The smallest absolute Gasteiger partial charge is 0.256 e. The molecular weight excluding hydrogens is 290 g/mol. The standard InChI is InChI=1S/C16H16ClNO3/c1-10-6-4-5-7-11(10)16(19)18-13-9-14(20-2)12(17)8-15(13)21-3/h4-9H,1-3H3,(H,18,19). The Balaban J connectivity index is 2.35. The van der Waals surface area contributed by atoms with Crippen molar-refractivity contribution in [3.8, 4) is 11.5 Å². The van der Waals surface area contributed by atoms with E-state index in [2.05, 4.69) is 5.32 Å². The molecule has 4 nitrogen and oxygen atoms in total. The average molecular weight is 306 g/mol. The van der Waals surface area contributed by atoms with Gasteiger partial charge in [0.05, 0.1) is 24.9 Å². The molecule has 0 heterocycles. The first-order valence-corrected chi connectivity index (χ1v) is 6.73. The number of benzene rings is 2. The topological polar surface area (TPSA) is 47.6 Å². The number of ether oxygens (including phenoxy) is 2. The Labute approximate surface area is 128 Å². The minimum atomic E-state index is -0.212. The van der Waals surface area contributed by atoms with Gasteiger partial charge in [0.2, 0.25) is 0 Å². The van der Waals surface area contributed by atoms with E-state index in [1.54, 1.807) is 18.2 Å². The molecule has 0 aliphatic heterocycles. The first-order chi connectivity index (χ1) is 10.1. The van der Waals surface area contributed by atoms with Crippen LogP contribution in [0.15, 0.2) is 36.4 Å². The van der Waals surface area contributed by atoms with E-state index in [9.17, 15) is 4.79 Å². The highest BCUT2D eigenvalue weighted by Crippen LogP contribution is 2.36. The van der Waals surface area contributed by atoms with Crippen molar-refractivity contribution in [2.45, 2.75) is 6.92 Å². The van der Waals surface area contributed by atoms with Gasteiger partial charge in [-0.3, -0.25) is 4.79 Å². The Morgan fingerprint density at radius 1 is 1.10 bits per heavy atom. The number of halogens is 1. The molecule has 1 amide bonds. The van der Waals surface area contributed by atoms with Crippen LogP contribution in [-0.2, 0) is 0 Å². The van der Waals surface area contributed by atoms with Gasteiger partial charge in [-0.25, -0.2) is 0 Å². The van der Waals surface area contributed by atoms with Crippen LogP contribution in [-0.4, -0.2) is 20.1 Å². The van der Waals surface area contributed by atoms with Crippen LogP contribution in [0, 0.1) is 6.92 Å². The third kappa shape index (κ3) is 3.28. The monoisotopic (exact) mass is 305 g/mol. The Morgan fingerprint density at radius 3 is 2.38 bits per heavy atom. The van der Waals surface area contributed by atoms with Crippen LogP contribution >= 0.6 is 11.6 Å². The number of carbonyl (C=O) groups is 1. The lowest BCUT2D eigenvalue weighted by Gasteiger charge is -2.13. The van der Waals surface area contributed by atoms with Crippen molar-refractivity contribution in [2.75, 3.05) is 19.5 Å². The molecular formula is C16H16ClNO3. The molecule has 2 aromatic rings. The van der Waals surface area contributed by atoms with E-state index in [1.807, 2.05) is 25.1 Å². The van der Waals surface area contributed by atoms with Gasteiger partial charge >= 0.3 is 0 Å².